The molecule has 1 atom stereocenters. The average molecular weight is 383 g/mol. The van der Waals surface area contributed by atoms with Gasteiger partial charge in [0.05, 0.1) is 7.11 Å². The second-order valence-electron chi connectivity index (χ2n) is 6.53. The van der Waals surface area contributed by atoms with Crippen LogP contribution in [0.25, 0.3) is 0 Å². The first-order valence-electron chi connectivity index (χ1n) is 8.50. The molecule has 1 aromatic heterocycles. The number of rotatable bonds is 6. The van der Waals surface area contributed by atoms with E-state index in [4.69, 9.17) is 4.74 Å². The predicted octanol–water partition coefficient (Wildman–Crippen LogP) is 4.53. The molecular weight excluding hydrogens is 355 g/mol. The fraction of sp³-hybridized carbons (Fsp3) is 0.450. The van der Waals surface area contributed by atoms with Gasteiger partial charge in [-0.15, -0.1) is 24.8 Å². The fourth-order valence-electron chi connectivity index (χ4n) is 3.54. The number of methoxy groups -OCH3 is 1. The van der Waals surface area contributed by atoms with E-state index in [1.807, 2.05) is 18.5 Å². The van der Waals surface area contributed by atoms with Crippen molar-refractivity contribution in [1.82, 2.24) is 9.88 Å². The van der Waals surface area contributed by atoms with E-state index < -0.39 is 0 Å². The van der Waals surface area contributed by atoms with E-state index in [2.05, 4.69) is 41.2 Å². The second-order valence-corrected chi connectivity index (χ2v) is 6.53. The average Bonchev–Trinajstić information content (AvgIpc) is 2.60. The summed E-state index contributed by atoms with van der Waals surface area (Å²) >= 11 is 0. The molecular formula is C20H28Cl2N2O. The highest BCUT2D eigenvalue weighted by atomic mass is 35.5. The van der Waals surface area contributed by atoms with Crippen molar-refractivity contribution in [2.45, 2.75) is 31.6 Å². The van der Waals surface area contributed by atoms with Crippen molar-refractivity contribution in [1.29, 1.82) is 0 Å². The summed E-state index contributed by atoms with van der Waals surface area (Å²) in [6, 6.07) is 10.8. The Balaban J connectivity index is 0.00000156. The van der Waals surface area contributed by atoms with E-state index in [0.29, 0.717) is 5.92 Å². The molecule has 3 nitrogen and oxygen atoms in total. The molecule has 3 rings (SSSR count). The Hall–Kier alpha value is -1.29. The first-order chi connectivity index (χ1) is 11.3. The number of fused-ring (bicyclic) bond motifs is 1. The number of halogens is 2. The first-order valence-corrected chi connectivity index (χ1v) is 8.50. The number of hydrogen-bond acceptors (Lipinski definition) is 3. The van der Waals surface area contributed by atoms with Crippen LogP contribution in [-0.4, -0.2) is 37.1 Å². The van der Waals surface area contributed by atoms with Crippen LogP contribution in [0.1, 0.15) is 35.4 Å². The number of aryl methyl sites for hydroxylation is 1. The summed E-state index contributed by atoms with van der Waals surface area (Å²) < 4.78 is 5.37. The van der Waals surface area contributed by atoms with Crippen molar-refractivity contribution in [2.75, 3.05) is 27.2 Å². The van der Waals surface area contributed by atoms with Crippen LogP contribution in [0, 0.1) is 0 Å². The van der Waals surface area contributed by atoms with Gasteiger partial charge >= 0.3 is 0 Å². The molecule has 1 heterocycles. The maximum Gasteiger partial charge on any atom is 0.119 e. The Morgan fingerprint density at radius 2 is 2.08 bits per heavy atom. The molecule has 25 heavy (non-hydrogen) atoms. The zero-order chi connectivity index (χ0) is 16.1. The third-order valence-electron chi connectivity index (χ3n) is 4.83. The van der Waals surface area contributed by atoms with Gasteiger partial charge in [0.15, 0.2) is 0 Å². The number of likely N-dealkylation sites (N-methyl/N-ethyl adjacent to an activating group) is 1. The largest absolute Gasteiger partial charge is 0.497 e. The van der Waals surface area contributed by atoms with Crippen LogP contribution < -0.4 is 4.74 Å². The molecule has 0 saturated carbocycles. The zero-order valence-corrected chi connectivity index (χ0v) is 16.6. The van der Waals surface area contributed by atoms with E-state index >= 15 is 0 Å². The van der Waals surface area contributed by atoms with Crippen LogP contribution >= 0.6 is 24.8 Å². The highest BCUT2D eigenvalue weighted by Crippen LogP contribution is 2.34. The third kappa shape index (κ3) is 5.88. The standard InChI is InChI=1S/C20H26N2O.2ClH/c1-22(12-10-16-5-4-11-21-14-16)15-18-7-3-6-17-13-19(23-2)8-9-20(17)18;;/h4-5,8-9,11,13-14,18H,3,6-7,10,12,15H2,1-2H3;2*1H. The molecule has 0 spiro atoms. The molecule has 0 radical (unpaired) electrons. The summed E-state index contributed by atoms with van der Waals surface area (Å²) in [6.45, 7) is 2.20. The topological polar surface area (TPSA) is 25.4 Å². The summed E-state index contributed by atoms with van der Waals surface area (Å²) in [6.07, 6.45) is 8.61. The monoisotopic (exact) mass is 382 g/mol. The van der Waals surface area contributed by atoms with E-state index in [0.717, 1.165) is 25.3 Å². The normalized spacial score (nSPS) is 15.7. The van der Waals surface area contributed by atoms with Gasteiger partial charge in [-0.2, -0.15) is 0 Å². The van der Waals surface area contributed by atoms with Crippen molar-refractivity contribution in [3.8, 4) is 5.75 Å². The Kier molecular flexibility index (Phi) is 9.26. The van der Waals surface area contributed by atoms with Gasteiger partial charge in [0.25, 0.3) is 0 Å². The van der Waals surface area contributed by atoms with Gasteiger partial charge < -0.3 is 9.64 Å². The fourth-order valence-corrected chi connectivity index (χ4v) is 3.54. The molecule has 2 aromatic rings. The van der Waals surface area contributed by atoms with Gasteiger partial charge in [-0.05, 0) is 73.5 Å². The van der Waals surface area contributed by atoms with Crippen LogP contribution in [0.2, 0.25) is 0 Å². The highest BCUT2D eigenvalue weighted by Gasteiger charge is 2.21. The number of hydrogen-bond donors (Lipinski definition) is 0. The van der Waals surface area contributed by atoms with Crippen LogP contribution in [-0.2, 0) is 12.8 Å². The molecule has 0 bridgehead atoms. The number of aromatic nitrogens is 1. The lowest BCUT2D eigenvalue weighted by molar-refractivity contribution is 0.300. The van der Waals surface area contributed by atoms with Crippen LogP contribution in [0.3, 0.4) is 0 Å². The lowest BCUT2D eigenvalue weighted by Crippen LogP contribution is -2.28. The minimum absolute atomic E-state index is 0. The zero-order valence-electron chi connectivity index (χ0n) is 15.0. The van der Waals surface area contributed by atoms with Crippen LogP contribution in [0.4, 0.5) is 0 Å². The number of ether oxygens (including phenoxy) is 1. The van der Waals surface area contributed by atoms with Gasteiger partial charge in [-0.1, -0.05) is 12.1 Å². The van der Waals surface area contributed by atoms with E-state index in [1.165, 1.54) is 36.0 Å². The molecule has 5 heteroatoms. The summed E-state index contributed by atoms with van der Waals surface area (Å²) in [5.41, 5.74) is 4.31. The molecule has 0 saturated heterocycles. The maximum absolute atomic E-state index is 5.37. The Morgan fingerprint density at radius 3 is 2.80 bits per heavy atom. The highest BCUT2D eigenvalue weighted by molar-refractivity contribution is 5.85. The summed E-state index contributed by atoms with van der Waals surface area (Å²) in [7, 11) is 3.97. The van der Waals surface area contributed by atoms with Gasteiger partial charge in [0.2, 0.25) is 0 Å². The lowest BCUT2D eigenvalue weighted by Gasteiger charge is -2.29. The minimum Gasteiger partial charge on any atom is -0.497 e. The van der Waals surface area contributed by atoms with Crippen LogP contribution in [0.15, 0.2) is 42.7 Å². The molecule has 1 unspecified atom stereocenters. The van der Waals surface area contributed by atoms with Gasteiger partial charge in [-0.25, -0.2) is 0 Å². The summed E-state index contributed by atoms with van der Waals surface area (Å²) in [5, 5.41) is 0. The Morgan fingerprint density at radius 1 is 1.24 bits per heavy atom. The third-order valence-corrected chi connectivity index (χ3v) is 4.83. The van der Waals surface area contributed by atoms with Crippen molar-refractivity contribution in [2.24, 2.45) is 0 Å². The molecule has 0 aliphatic heterocycles. The molecule has 0 N–H and O–H groups in total. The number of nitrogens with zero attached hydrogens (tertiary/aromatic N) is 2. The van der Waals surface area contributed by atoms with E-state index in [-0.39, 0.29) is 24.8 Å². The van der Waals surface area contributed by atoms with Gasteiger partial charge in [0.1, 0.15) is 5.75 Å². The Labute approximate surface area is 163 Å². The second kappa shape index (κ2) is 10.6. The van der Waals surface area contributed by atoms with Crippen molar-refractivity contribution >= 4 is 24.8 Å². The number of benzene rings is 1. The van der Waals surface area contributed by atoms with Crippen LogP contribution in [0.5, 0.6) is 5.75 Å². The quantitative estimate of drug-likeness (QED) is 0.733. The van der Waals surface area contributed by atoms with Crippen molar-refractivity contribution < 1.29 is 4.74 Å². The molecule has 1 aliphatic carbocycles. The molecule has 0 fully saturated rings. The summed E-state index contributed by atoms with van der Waals surface area (Å²) in [4.78, 5) is 6.65. The predicted molar refractivity (Wildman–Crippen MR) is 109 cm³/mol. The molecule has 1 aliphatic rings. The van der Waals surface area contributed by atoms with E-state index in [1.54, 1.807) is 7.11 Å². The van der Waals surface area contributed by atoms with E-state index in [9.17, 15) is 0 Å². The van der Waals surface area contributed by atoms with Gasteiger partial charge in [0, 0.05) is 25.5 Å². The molecule has 1 aromatic carbocycles. The minimum atomic E-state index is 0. The Bertz CT molecular complexity index is 637. The number of pyridine rings is 1. The molecule has 0 amide bonds. The maximum atomic E-state index is 5.37. The van der Waals surface area contributed by atoms with Crippen molar-refractivity contribution in [3.63, 3.8) is 0 Å². The van der Waals surface area contributed by atoms with Crippen molar-refractivity contribution in [3.05, 3.63) is 59.4 Å². The molecule has 138 valence electrons. The lowest BCUT2D eigenvalue weighted by atomic mass is 9.82. The first kappa shape index (κ1) is 21.8. The SMILES string of the molecule is COc1ccc2c(c1)CCCC2CN(C)CCc1cccnc1.Cl.Cl. The smallest absolute Gasteiger partial charge is 0.119 e. The van der Waals surface area contributed by atoms with Gasteiger partial charge in [-0.3, -0.25) is 4.98 Å². The summed E-state index contributed by atoms with van der Waals surface area (Å²) in [5.74, 6) is 1.62.